The van der Waals surface area contributed by atoms with Gasteiger partial charge in [0.15, 0.2) is 8.29 Å². The van der Waals surface area contributed by atoms with Gasteiger partial charge < -0.3 is 10.1 Å². The number of hydrogen-bond acceptors (Lipinski definition) is 8. The molecule has 11 heteroatoms. The van der Waals surface area contributed by atoms with Crippen molar-refractivity contribution in [2.45, 2.75) is 4.34 Å². The summed E-state index contributed by atoms with van der Waals surface area (Å²) in [6.07, 6.45) is 0. The molecule has 6 nitrogen and oxygen atoms in total. The Bertz CT molecular complexity index is 1030. The van der Waals surface area contributed by atoms with Crippen molar-refractivity contribution in [2.24, 2.45) is 0 Å². The van der Waals surface area contributed by atoms with E-state index in [-0.39, 0.29) is 11.7 Å². The van der Waals surface area contributed by atoms with Crippen LogP contribution in [0.25, 0.3) is 5.69 Å². The fourth-order valence-corrected chi connectivity index (χ4v) is 5.09. The first-order valence-electron chi connectivity index (χ1n) is 7.42. The Morgan fingerprint density at radius 3 is 2.78 bits per heavy atom. The van der Waals surface area contributed by atoms with Crippen LogP contribution in [-0.2, 0) is 9.53 Å². The number of carbonyl (C=O) groups excluding carboxylic acids is 2. The molecule has 1 amide bonds. The van der Waals surface area contributed by atoms with Gasteiger partial charge in [0.1, 0.15) is 4.88 Å². The molecular weight excluding hydrogens is 446 g/mol. The van der Waals surface area contributed by atoms with Gasteiger partial charge in [-0.25, -0.2) is 9.48 Å². The van der Waals surface area contributed by atoms with Crippen LogP contribution >= 0.6 is 58.3 Å². The normalized spacial score (nSPS) is 10.6. The lowest BCUT2D eigenvalue weighted by Gasteiger charge is -2.04. The number of anilines is 1. The summed E-state index contributed by atoms with van der Waals surface area (Å²) in [5.74, 6) is -0.588. The molecule has 27 heavy (non-hydrogen) atoms. The predicted molar refractivity (Wildman–Crippen MR) is 112 cm³/mol. The van der Waals surface area contributed by atoms with Crippen molar-refractivity contribution in [1.29, 1.82) is 0 Å². The molecule has 0 bridgehead atoms. The highest BCUT2D eigenvalue weighted by atomic mass is 35.5. The maximum absolute atomic E-state index is 12.2. The van der Waals surface area contributed by atoms with E-state index < -0.39 is 5.97 Å². The second-order valence-electron chi connectivity index (χ2n) is 5.01. The third-order valence-electron chi connectivity index (χ3n) is 3.24. The Labute approximate surface area is 177 Å². The summed E-state index contributed by atoms with van der Waals surface area (Å²) in [7, 11) is 1.30. The fourth-order valence-electron chi connectivity index (χ4n) is 2.04. The summed E-state index contributed by atoms with van der Waals surface area (Å²) in [5.41, 5.74) is 1.25. The molecule has 0 aliphatic carbocycles. The van der Waals surface area contributed by atoms with Crippen LogP contribution < -0.4 is 5.32 Å². The Hall–Kier alpha value is -1.72. The van der Waals surface area contributed by atoms with Gasteiger partial charge >= 0.3 is 5.97 Å². The van der Waals surface area contributed by atoms with Crippen LogP contribution in [0.15, 0.2) is 40.1 Å². The highest BCUT2D eigenvalue weighted by molar-refractivity contribution is 8.01. The topological polar surface area (TPSA) is 73.2 Å². The Morgan fingerprint density at radius 1 is 1.33 bits per heavy atom. The number of amides is 1. The van der Waals surface area contributed by atoms with Gasteiger partial charge in [0.2, 0.25) is 5.91 Å². The van der Waals surface area contributed by atoms with Gasteiger partial charge in [-0.1, -0.05) is 34.7 Å². The number of carbonyl (C=O) groups is 2. The minimum atomic E-state index is -0.479. The first kappa shape index (κ1) is 20.0. The first-order chi connectivity index (χ1) is 13.0. The van der Waals surface area contributed by atoms with E-state index in [0.29, 0.717) is 23.9 Å². The van der Waals surface area contributed by atoms with Crippen LogP contribution in [0, 0.1) is 3.95 Å². The molecule has 1 aromatic carbocycles. The number of benzene rings is 1. The number of aromatic nitrogens is 2. The third kappa shape index (κ3) is 4.96. The largest absolute Gasteiger partial charge is 0.465 e. The zero-order chi connectivity index (χ0) is 19.4. The lowest BCUT2D eigenvalue weighted by Crippen LogP contribution is -2.15. The minimum Gasteiger partial charge on any atom is -0.465 e. The average Bonchev–Trinajstić information content (AvgIpc) is 3.26. The maximum atomic E-state index is 12.2. The molecule has 0 fully saturated rings. The molecule has 0 saturated heterocycles. The van der Waals surface area contributed by atoms with E-state index in [1.54, 1.807) is 28.3 Å². The van der Waals surface area contributed by atoms with Crippen molar-refractivity contribution in [1.82, 2.24) is 9.78 Å². The van der Waals surface area contributed by atoms with E-state index in [1.165, 1.54) is 41.5 Å². The van der Waals surface area contributed by atoms with Gasteiger partial charge in [0.25, 0.3) is 0 Å². The molecule has 2 aromatic heterocycles. The summed E-state index contributed by atoms with van der Waals surface area (Å²) < 4.78 is 7.57. The van der Waals surface area contributed by atoms with Gasteiger partial charge in [-0.2, -0.15) is 0 Å². The lowest BCUT2D eigenvalue weighted by molar-refractivity contribution is -0.113. The van der Waals surface area contributed by atoms with Gasteiger partial charge in [-0.15, -0.1) is 16.4 Å². The molecule has 0 saturated carbocycles. The Balaban J connectivity index is 1.64. The standard InChI is InChI=1S/C16H12ClN3O3S4/c1-23-14(22)13-11(6-7-25-13)18-12(21)8-26-15-19-20(16(24)27-15)10-4-2-9(17)3-5-10/h2-7H,8H2,1H3,(H,18,21). The first-order valence-corrected chi connectivity index (χ1v) is 10.9. The number of thioether (sulfide) groups is 1. The third-order valence-corrected chi connectivity index (χ3v) is 6.75. The quantitative estimate of drug-likeness (QED) is 0.322. The number of rotatable bonds is 6. The molecule has 2 heterocycles. The van der Waals surface area contributed by atoms with E-state index in [0.717, 1.165) is 5.69 Å². The molecule has 3 aromatic rings. The summed E-state index contributed by atoms with van der Waals surface area (Å²) in [6.45, 7) is 0. The van der Waals surface area contributed by atoms with E-state index in [1.807, 2.05) is 12.1 Å². The zero-order valence-electron chi connectivity index (χ0n) is 13.8. The van der Waals surface area contributed by atoms with E-state index in [9.17, 15) is 9.59 Å². The van der Waals surface area contributed by atoms with Crippen molar-refractivity contribution in [3.8, 4) is 5.69 Å². The van der Waals surface area contributed by atoms with Crippen LogP contribution in [0.2, 0.25) is 5.02 Å². The molecule has 140 valence electrons. The number of methoxy groups -OCH3 is 1. The molecule has 0 aliphatic rings. The smallest absolute Gasteiger partial charge is 0.350 e. The van der Waals surface area contributed by atoms with Crippen LogP contribution in [-0.4, -0.2) is 34.5 Å². The zero-order valence-corrected chi connectivity index (χ0v) is 17.8. The molecule has 0 atom stereocenters. The predicted octanol–water partition coefficient (Wildman–Crippen LogP) is 4.90. The minimum absolute atomic E-state index is 0.138. The summed E-state index contributed by atoms with van der Waals surface area (Å²) in [5, 5.41) is 9.50. The number of halogens is 1. The molecule has 0 unspecified atom stereocenters. The van der Waals surface area contributed by atoms with Crippen molar-refractivity contribution in [3.05, 3.63) is 49.6 Å². The highest BCUT2D eigenvalue weighted by Gasteiger charge is 2.16. The maximum Gasteiger partial charge on any atom is 0.350 e. The highest BCUT2D eigenvalue weighted by Crippen LogP contribution is 2.26. The van der Waals surface area contributed by atoms with Crippen molar-refractivity contribution in [2.75, 3.05) is 18.2 Å². The van der Waals surface area contributed by atoms with Gasteiger partial charge in [-0.3, -0.25) is 4.79 Å². The van der Waals surface area contributed by atoms with Crippen LogP contribution in [0.1, 0.15) is 9.67 Å². The number of esters is 1. The Morgan fingerprint density at radius 2 is 2.07 bits per heavy atom. The molecule has 0 spiro atoms. The number of nitrogens with zero attached hydrogens (tertiary/aromatic N) is 2. The molecule has 1 N–H and O–H groups in total. The summed E-state index contributed by atoms with van der Waals surface area (Å²) in [4.78, 5) is 24.2. The molecule has 0 radical (unpaired) electrons. The van der Waals surface area contributed by atoms with Crippen LogP contribution in [0.4, 0.5) is 5.69 Å². The number of thiophene rings is 1. The van der Waals surface area contributed by atoms with Crippen LogP contribution in [0.3, 0.4) is 0 Å². The molecular formula is C16H12ClN3O3S4. The monoisotopic (exact) mass is 457 g/mol. The Kier molecular flexibility index (Phi) is 6.66. The van der Waals surface area contributed by atoms with E-state index >= 15 is 0 Å². The number of ether oxygens (including phenoxy) is 1. The molecule has 3 rings (SSSR count). The van der Waals surface area contributed by atoms with Crippen molar-refractivity contribution >= 4 is 75.8 Å². The fraction of sp³-hybridized carbons (Fsp3) is 0.125. The summed E-state index contributed by atoms with van der Waals surface area (Å²) in [6, 6.07) is 8.84. The van der Waals surface area contributed by atoms with Gasteiger partial charge in [0, 0.05) is 5.02 Å². The number of nitrogens with one attached hydrogen (secondary N) is 1. The second-order valence-corrected chi connectivity index (χ2v) is 9.21. The summed E-state index contributed by atoms with van der Waals surface area (Å²) >= 11 is 15.0. The van der Waals surface area contributed by atoms with E-state index in [4.69, 9.17) is 28.6 Å². The number of hydrogen-bond donors (Lipinski definition) is 1. The van der Waals surface area contributed by atoms with Crippen molar-refractivity contribution in [3.63, 3.8) is 0 Å². The van der Waals surface area contributed by atoms with E-state index in [2.05, 4.69) is 10.4 Å². The lowest BCUT2D eigenvalue weighted by atomic mass is 10.3. The van der Waals surface area contributed by atoms with Gasteiger partial charge in [0.05, 0.1) is 24.2 Å². The van der Waals surface area contributed by atoms with Crippen molar-refractivity contribution < 1.29 is 14.3 Å². The van der Waals surface area contributed by atoms with Crippen LogP contribution in [0.5, 0.6) is 0 Å². The SMILES string of the molecule is COC(=O)c1sccc1NC(=O)CSc1nn(-c2ccc(Cl)cc2)c(=S)s1. The van der Waals surface area contributed by atoms with Gasteiger partial charge in [-0.05, 0) is 47.9 Å². The second kappa shape index (κ2) is 8.98. The average molecular weight is 458 g/mol. The molecule has 0 aliphatic heterocycles.